The first kappa shape index (κ1) is 14.4. The summed E-state index contributed by atoms with van der Waals surface area (Å²) < 4.78 is 8.13. The van der Waals surface area contributed by atoms with Crippen LogP contribution in [-0.4, -0.2) is 15.8 Å². The number of benzene rings is 3. The van der Waals surface area contributed by atoms with E-state index in [0.717, 1.165) is 22.9 Å². The molecular weight excluding hydrogens is 306 g/mol. The van der Waals surface area contributed by atoms with Gasteiger partial charge in [0.15, 0.2) is 5.78 Å². The third-order valence-corrected chi connectivity index (χ3v) is 3.80. The van der Waals surface area contributed by atoms with Crippen molar-refractivity contribution in [2.75, 3.05) is 0 Å². The average Bonchev–Trinajstić information content (AvgIpc) is 2.61. The van der Waals surface area contributed by atoms with Crippen LogP contribution < -0.4 is 0 Å². The van der Waals surface area contributed by atoms with E-state index in [4.69, 9.17) is 1.37 Å². The highest BCUT2D eigenvalue weighted by Gasteiger charge is 2.13. The molecule has 0 aliphatic heterocycles. The van der Waals surface area contributed by atoms with Crippen molar-refractivity contribution in [1.82, 2.24) is 0 Å². The van der Waals surface area contributed by atoms with Crippen LogP contribution in [0.1, 0.15) is 23.7 Å². The van der Waals surface area contributed by atoms with Crippen LogP contribution >= 0.6 is 0 Å². The first-order valence-corrected chi connectivity index (χ1v) is 7.37. The molecule has 0 aromatic heterocycles. The SMILES string of the molecule is [2H]C(CC(=O)c1ccc2ccccc2c1)c1cc([N+](=O)[O-])ccc1O. The highest BCUT2D eigenvalue weighted by atomic mass is 16.6. The van der Waals surface area contributed by atoms with Gasteiger partial charge in [-0.15, -0.1) is 0 Å². The van der Waals surface area contributed by atoms with Crippen LogP contribution in [-0.2, 0) is 6.40 Å². The number of hydrogen-bond donors (Lipinski definition) is 1. The molecule has 120 valence electrons. The zero-order valence-electron chi connectivity index (χ0n) is 13.7. The smallest absolute Gasteiger partial charge is 0.269 e. The molecule has 0 saturated carbocycles. The minimum atomic E-state index is -1.08. The van der Waals surface area contributed by atoms with E-state index in [0.29, 0.717) is 5.56 Å². The number of phenols is 1. The molecule has 24 heavy (non-hydrogen) atoms. The van der Waals surface area contributed by atoms with Gasteiger partial charge in [0, 0.05) is 31.1 Å². The molecule has 0 saturated heterocycles. The van der Waals surface area contributed by atoms with Crippen molar-refractivity contribution >= 4 is 22.2 Å². The number of rotatable bonds is 5. The zero-order valence-corrected chi connectivity index (χ0v) is 12.7. The van der Waals surface area contributed by atoms with E-state index >= 15 is 0 Å². The van der Waals surface area contributed by atoms with Gasteiger partial charge in [-0.25, -0.2) is 0 Å². The maximum atomic E-state index is 12.5. The van der Waals surface area contributed by atoms with E-state index in [9.17, 15) is 20.0 Å². The van der Waals surface area contributed by atoms with Crippen LogP contribution in [0.5, 0.6) is 5.75 Å². The Morgan fingerprint density at radius 1 is 1.08 bits per heavy atom. The molecule has 0 aliphatic rings. The molecule has 1 N–H and O–H groups in total. The largest absolute Gasteiger partial charge is 0.508 e. The van der Waals surface area contributed by atoms with Gasteiger partial charge in [-0.1, -0.05) is 36.4 Å². The molecule has 0 amide bonds. The number of carbonyl (C=O) groups is 1. The predicted octanol–water partition coefficient (Wildman–Crippen LogP) is 4.27. The Kier molecular flexibility index (Phi) is 3.90. The Hall–Kier alpha value is -3.21. The predicted molar refractivity (Wildman–Crippen MR) is 91.4 cm³/mol. The van der Waals surface area contributed by atoms with Crippen LogP contribution in [0.25, 0.3) is 10.8 Å². The average molecular weight is 322 g/mol. The lowest BCUT2D eigenvalue weighted by Gasteiger charge is -2.06. The van der Waals surface area contributed by atoms with Crippen LogP contribution in [0.2, 0.25) is 0 Å². The van der Waals surface area contributed by atoms with Crippen molar-refractivity contribution in [1.29, 1.82) is 0 Å². The number of hydrogen-bond acceptors (Lipinski definition) is 4. The van der Waals surface area contributed by atoms with Crippen molar-refractivity contribution < 1.29 is 16.2 Å². The number of carbonyl (C=O) groups excluding carboxylic acids is 1. The van der Waals surface area contributed by atoms with Crippen molar-refractivity contribution in [2.45, 2.75) is 12.8 Å². The van der Waals surface area contributed by atoms with E-state index in [2.05, 4.69) is 0 Å². The minimum Gasteiger partial charge on any atom is -0.508 e. The second-order valence-electron chi connectivity index (χ2n) is 5.39. The fourth-order valence-corrected chi connectivity index (χ4v) is 2.50. The van der Waals surface area contributed by atoms with Crippen molar-refractivity contribution in [3.63, 3.8) is 0 Å². The van der Waals surface area contributed by atoms with Gasteiger partial charge in [-0.2, -0.15) is 0 Å². The van der Waals surface area contributed by atoms with E-state index in [1.54, 1.807) is 12.1 Å². The van der Waals surface area contributed by atoms with Crippen LogP contribution in [0.15, 0.2) is 60.7 Å². The number of nitrogens with zero attached hydrogens (tertiary/aromatic N) is 1. The summed E-state index contributed by atoms with van der Waals surface area (Å²) in [5, 5.41) is 22.6. The van der Waals surface area contributed by atoms with Gasteiger partial charge in [0.1, 0.15) is 5.75 Å². The first-order valence-electron chi connectivity index (χ1n) is 7.95. The third kappa shape index (κ3) is 3.25. The van der Waals surface area contributed by atoms with E-state index in [-0.39, 0.29) is 29.2 Å². The van der Waals surface area contributed by atoms with E-state index < -0.39 is 11.3 Å². The Labute approximate surface area is 139 Å². The summed E-state index contributed by atoms with van der Waals surface area (Å²) in [6.45, 7) is 0. The Bertz CT molecular complexity index is 971. The molecule has 0 fully saturated rings. The molecule has 0 bridgehead atoms. The molecule has 0 radical (unpaired) electrons. The minimum absolute atomic E-state index is 0.0725. The van der Waals surface area contributed by atoms with Gasteiger partial charge in [-0.05, 0) is 29.3 Å². The summed E-state index contributed by atoms with van der Waals surface area (Å²) >= 11 is 0. The number of Topliss-reactive ketones (excluding diaryl/α,β-unsaturated/α-hetero) is 1. The number of non-ortho nitro benzene ring substituents is 1. The third-order valence-electron chi connectivity index (χ3n) is 3.80. The lowest BCUT2D eigenvalue weighted by molar-refractivity contribution is -0.384. The lowest BCUT2D eigenvalue weighted by Crippen LogP contribution is -2.02. The van der Waals surface area contributed by atoms with Gasteiger partial charge in [0.05, 0.1) is 4.92 Å². The number of nitro benzene ring substituents is 1. The molecule has 3 rings (SSSR count). The summed E-state index contributed by atoms with van der Waals surface area (Å²) in [6, 6.07) is 16.4. The van der Waals surface area contributed by atoms with Gasteiger partial charge >= 0.3 is 0 Å². The molecule has 0 heterocycles. The summed E-state index contributed by atoms with van der Waals surface area (Å²) in [5.74, 6) is -0.478. The second kappa shape index (κ2) is 6.50. The van der Waals surface area contributed by atoms with Gasteiger partial charge in [-0.3, -0.25) is 14.9 Å². The first-order chi connectivity index (χ1) is 12.0. The number of aromatic hydroxyl groups is 1. The summed E-state index contributed by atoms with van der Waals surface area (Å²) in [4.78, 5) is 22.7. The molecule has 1 unspecified atom stereocenters. The summed E-state index contributed by atoms with van der Waals surface area (Å²) in [6.07, 6.45) is -1.26. The standard InChI is InChI=1S/C19H15NO4/c21-18(15-6-5-13-3-1-2-4-14(13)11-15)9-7-16-12-17(20(23)24)8-10-19(16)22/h1-6,8,10-12,22H,7,9H2/i7D. The Morgan fingerprint density at radius 2 is 1.83 bits per heavy atom. The van der Waals surface area contributed by atoms with Crippen LogP contribution in [0.4, 0.5) is 5.69 Å². The second-order valence-corrected chi connectivity index (χ2v) is 5.39. The molecule has 5 heteroatoms. The molecular formula is C19H15NO4. The van der Waals surface area contributed by atoms with E-state index in [1.165, 1.54) is 6.07 Å². The topological polar surface area (TPSA) is 80.4 Å². The molecule has 5 nitrogen and oxygen atoms in total. The van der Waals surface area contributed by atoms with Gasteiger partial charge in [0.25, 0.3) is 5.69 Å². The number of nitro groups is 1. The molecule has 1 atom stereocenters. The molecule has 0 aliphatic carbocycles. The summed E-state index contributed by atoms with van der Waals surface area (Å²) in [7, 11) is 0. The highest BCUT2D eigenvalue weighted by molar-refractivity contribution is 6.00. The molecule has 3 aromatic carbocycles. The number of aryl methyl sites for hydroxylation is 1. The lowest BCUT2D eigenvalue weighted by atomic mass is 9.99. The van der Waals surface area contributed by atoms with Crippen LogP contribution in [0.3, 0.4) is 0 Å². The van der Waals surface area contributed by atoms with Crippen molar-refractivity contribution in [3.8, 4) is 5.75 Å². The Morgan fingerprint density at radius 3 is 2.58 bits per heavy atom. The van der Waals surface area contributed by atoms with Crippen LogP contribution in [0, 0.1) is 10.1 Å². The summed E-state index contributed by atoms with van der Waals surface area (Å²) in [5.41, 5.74) is 0.326. The number of fused-ring (bicyclic) bond motifs is 1. The zero-order chi connectivity index (χ0) is 18.0. The number of ketones is 1. The maximum Gasteiger partial charge on any atom is 0.269 e. The van der Waals surface area contributed by atoms with Gasteiger partial charge in [0.2, 0.25) is 0 Å². The Balaban J connectivity index is 1.84. The fourth-order valence-electron chi connectivity index (χ4n) is 2.50. The monoisotopic (exact) mass is 322 g/mol. The maximum absolute atomic E-state index is 12.5. The normalized spacial score (nSPS) is 12.6. The number of phenolic OH excluding ortho intramolecular Hbond substituents is 1. The van der Waals surface area contributed by atoms with Crippen molar-refractivity contribution in [3.05, 3.63) is 81.9 Å². The molecule has 0 spiro atoms. The van der Waals surface area contributed by atoms with Crippen molar-refractivity contribution in [2.24, 2.45) is 0 Å². The fraction of sp³-hybridized carbons (Fsp3) is 0.105. The molecule has 3 aromatic rings. The quantitative estimate of drug-likeness (QED) is 0.432. The van der Waals surface area contributed by atoms with Gasteiger partial charge < -0.3 is 5.11 Å². The highest BCUT2D eigenvalue weighted by Crippen LogP contribution is 2.25. The van der Waals surface area contributed by atoms with E-state index in [1.807, 2.05) is 30.3 Å².